The molecule has 0 saturated carbocycles. The minimum Gasteiger partial charge on any atom is -0.376 e. The van der Waals surface area contributed by atoms with Crippen molar-refractivity contribution in [1.82, 2.24) is 0 Å². The molecule has 0 aromatic heterocycles. The Bertz CT molecular complexity index is 745. The predicted molar refractivity (Wildman–Crippen MR) is 108 cm³/mol. The van der Waals surface area contributed by atoms with Gasteiger partial charge in [0.1, 0.15) is 0 Å². The number of hydrogen-bond acceptors (Lipinski definition) is 3. The number of aryl methyl sites for hydroxylation is 1. The summed E-state index contributed by atoms with van der Waals surface area (Å²) in [6.07, 6.45) is 0. The second kappa shape index (κ2) is 8.97. The molecule has 0 aliphatic heterocycles. The SMILES string of the molecule is CCN(CC)c1ccc(NC(=O)CNc2ccc(Cl)c(Cl)c2)c(C)c1. The van der Waals surface area contributed by atoms with Gasteiger partial charge in [-0.3, -0.25) is 4.79 Å². The maximum atomic E-state index is 12.2. The molecule has 25 heavy (non-hydrogen) atoms. The predicted octanol–water partition coefficient (Wildman–Crippen LogP) is 5.20. The Kier molecular flexibility index (Phi) is 6.97. The van der Waals surface area contributed by atoms with Crippen molar-refractivity contribution < 1.29 is 4.79 Å². The van der Waals surface area contributed by atoms with Gasteiger partial charge in [-0.2, -0.15) is 0 Å². The van der Waals surface area contributed by atoms with Crippen LogP contribution in [0, 0.1) is 6.92 Å². The maximum absolute atomic E-state index is 12.2. The standard InChI is InChI=1S/C19H23Cl2N3O/c1-4-24(5-2)15-7-9-18(13(3)10-15)23-19(25)12-22-14-6-8-16(20)17(21)11-14/h6-11,22H,4-5,12H2,1-3H3,(H,23,25). The second-order valence-electron chi connectivity index (χ2n) is 5.70. The minimum absolute atomic E-state index is 0.121. The quantitative estimate of drug-likeness (QED) is 0.694. The van der Waals surface area contributed by atoms with Crippen LogP contribution in [0.25, 0.3) is 0 Å². The van der Waals surface area contributed by atoms with Gasteiger partial charge in [-0.15, -0.1) is 0 Å². The second-order valence-corrected chi connectivity index (χ2v) is 6.52. The highest BCUT2D eigenvalue weighted by atomic mass is 35.5. The molecule has 0 spiro atoms. The summed E-state index contributed by atoms with van der Waals surface area (Å²) in [5.41, 5.74) is 3.76. The maximum Gasteiger partial charge on any atom is 0.243 e. The number of carbonyl (C=O) groups excluding carboxylic acids is 1. The Labute approximate surface area is 159 Å². The summed E-state index contributed by atoms with van der Waals surface area (Å²) in [4.78, 5) is 14.4. The number of hydrogen-bond donors (Lipinski definition) is 2. The van der Waals surface area contributed by atoms with E-state index in [1.54, 1.807) is 18.2 Å². The third-order valence-electron chi connectivity index (χ3n) is 3.99. The van der Waals surface area contributed by atoms with E-state index in [0.717, 1.165) is 35.7 Å². The number of carbonyl (C=O) groups is 1. The van der Waals surface area contributed by atoms with E-state index in [1.165, 1.54) is 0 Å². The van der Waals surface area contributed by atoms with Gasteiger partial charge in [0, 0.05) is 30.2 Å². The Morgan fingerprint density at radius 3 is 2.36 bits per heavy atom. The molecular formula is C19H23Cl2N3O. The first-order chi connectivity index (χ1) is 11.9. The van der Waals surface area contributed by atoms with Gasteiger partial charge in [0.15, 0.2) is 0 Å². The van der Waals surface area contributed by atoms with Gasteiger partial charge < -0.3 is 15.5 Å². The smallest absolute Gasteiger partial charge is 0.243 e. The fourth-order valence-electron chi connectivity index (χ4n) is 2.56. The van der Waals surface area contributed by atoms with Gasteiger partial charge in [-0.25, -0.2) is 0 Å². The van der Waals surface area contributed by atoms with Gasteiger partial charge in [0.2, 0.25) is 5.91 Å². The molecule has 0 radical (unpaired) electrons. The van der Waals surface area contributed by atoms with Crippen LogP contribution in [0.5, 0.6) is 0 Å². The first-order valence-corrected chi connectivity index (χ1v) is 9.04. The zero-order valence-electron chi connectivity index (χ0n) is 14.7. The van der Waals surface area contributed by atoms with Crippen molar-refractivity contribution >= 4 is 46.2 Å². The van der Waals surface area contributed by atoms with Crippen LogP contribution >= 0.6 is 23.2 Å². The van der Waals surface area contributed by atoms with Crippen molar-refractivity contribution in [2.24, 2.45) is 0 Å². The number of amides is 1. The summed E-state index contributed by atoms with van der Waals surface area (Å²) in [5, 5.41) is 6.91. The number of benzene rings is 2. The zero-order valence-corrected chi connectivity index (χ0v) is 16.2. The molecule has 0 aliphatic carbocycles. The van der Waals surface area contributed by atoms with Crippen molar-refractivity contribution in [3.8, 4) is 0 Å². The largest absolute Gasteiger partial charge is 0.376 e. The Morgan fingerprint density at radius 1 is 1.04 bits per heavy atom. The van der Waals surface area contributed by atoms with Gasteiger partial charge >= 0.3 is 0 Å². The highest BCUT2D eigenvalue weighted by Crippen LogP contribution is 2.25. The number of halogens is 2. The average molecular weight is 380 g/mol. The molecule has 0 saturated heterocycles. The van der Waals surface area contributed by atoms with Crippen molar-refractivity contribution in [3.63, 3.8) is 0 Å². The van der Waals surface area contributed by atoms with Crippen LogP contribution in [0.15, 0.2) is 36.4 Å². The molecule has 0 unspecified atom stereocenters. The lowest BCUT2D eigenvalue weighted by molar-refractivity contribution is -0.114. The topological polar surface area (TPSA) is 44.4 Å². The molecule has 0 fully saturated rings. The van der Waals surface area contributed by atoms with Gasteiger partial charge in [0.25, 0.3) is 0 Å². The van der Waals surface area contributed by atoms with Crippen molar-refractivity contribution in [2.45, 2.75) is 20.8 Å². The van der Waals surface area contributed by atoms with Crippen LogP contribution in [0.1, 0.15) is 19.4 Å². The number of rotatable bonds is 7. The van der Waals surface area contributed by atoms with E-state index >= 15 is 0 Å². The van der Waals surface area contributed by atoms with Crippen LogP contribution < -0.4 is 15.5 Å². The van der Waals surface area contributed by atoms with E-state index in [-0.39, 0.29) is 12.5 Å². The summed E-state index contributed by atoms with van der Waals surface area (Å²) in [6.45, 7) is 8.31. The van der Waals surface area contributed by atoms with Gasteiger partial charge in [-0.1, -0.05) is 23.2 Å². The molecular weight excluding hydrogens is 357 g/mol. The summed E-state index contributed by atoms with van der Waals surface area (Å²) in [7, 11) is 0. The third-order valence-corrected chi connectivity index (χ3v) is 4.72. The summed E-state index contributed by atoms with van der Waals surface area (Å²) in [5.74, 6) is -0.121. The van der Waals surface area contributed by atoms with Gasteiger partial charge in [-0.05, 0) is 62.7 Å². The minimum atomic E-state index is -0.121. The lowest BCUT2D eigenvalue weighted by Crippen LogP contribution is -2.23. The molecule has 134 valence electrons. The Morgan fingerprint density at radius 2 is 1.76 bits per heavy atom. The fraction of sp³-hybridized carbons (Fsp3) is 0.316. The highest BCUT2D eigenvalue weighted by Gasteiger charge is 2.08. The molecule has 6 heteroatoms. The monoisotopic (exact) mass is 379 g/mol. The molecule has 4 nitrogen and oxygen atoms in total. The highest BCUT2D eigenvalue weighted by molar-refractivity contribution is 6.42. The number of anilines is 3. The molecule has 2 N–H and O–H groups in total. The summed E-state index contributed by atoms with van der Waals surface area (Å²) >= 11 is 11.8. The summed E-state index contributed by atoms with van der Waals surface area (Å²) in [6, 6.07) is 11.2. The Hall–Kier alpha value is -1.91. The first-order valence-electron chi connectivity index (χ1n) is 8.29. The average Bonchev–Trinajstić information content (AvgIpc) is 2.59. The lowest BCUT2D eigenvalue weighted by Gasteiger charge is -2.22. The number of nitrogens with one attached hydrogen (secondary N) is 2. The molecule has 0 atom stereocenters. The van der Waals surface area contributed by atoms with Crippen LogP contribution in [0.3, 0.4) is 0 Å². The molecule has 2 aromatic carbocycles. The Balaban J connectivity index is 1.97. The number of nitrogens with zero attached hydrogens (tertiary/aromatic N) is 1. The molecule has 2 aromatic rings. The lowest BCUT2D eigenvalue weighted by atomic mass is 10.1. The fourth-order valence-corrected chi connectivity index (χ4v) is 2.85. The third kappa shape index (κ3) is 5.28. The van der Waals surface area contributed by atoms with E-state index < -0.39 is 0 Å². The van der Waals surface area contributed by atoms with E-state index in [2.05, 4.69) is 35.4 Å². The molecule has 0 heterocycles. The van der Waals surface area contributed by atoms with E-state index in [4.69, 9.17) is 23.2 Å². The van der Waals surface area contributed by atoms with Crippen LogP contribution in [-0.4, -0.2) is 25.5 Å². The van der Waals surface area contributed by atoms with E-state index in [1.807, 2.05) is 19.1 Å². The van der Waals surface area contributed by atoms with E-state index in [0.29, 0.717) is 10.0 Å². The van der Waals surface area contributed by atoms with Gasteiger partial charge in [0.05, 0.1) is 16.6 Å². The first kappa shape index (κ1) is 19.4. The van der Waals surface area contributed by atoms with E-state index in [9.17, 15) is 4.79 Å². The van der Waals surface area contributed by atoms with Crippen LogP contribution in [-0.2, 0) is 4.79 Å². The van der Waals surface area contributed by atoms with Crippen LogP contribution in [0.2, 0.25) is 10.0 Å². The van der Waals surface area contributed by atoms with Crippen molar-refractivity contribution in [3.05, 3.63) is 52.0 Å². The summed E-state index contributed by atoms with van der Waals surface area (Å²) < 4.78 is 0. The molecule has 0 bridgehead atoms. The zero-order chi connectivity index (χ0) is 18.4. The van der Waals surface area contributed by atoms with Crippen molar-refractivity contribution in [1.29, 1.82) is 0 Å². The molecule has 1 amide bonds. The molecule has 0 aliphatic rings. The molecule has 2 rings (SSSR count). The van der Waals surface area contributed by atoms with Crippen molar-refractivity contribution in [2.75, 3.05) is 35.2 Å². The van der Waals surface area contributed by atoms with Crippen LogP contribution in [0.4, 0.5) is 17.1 Å². The normalized spacial score (nSPS) is 10.4.